The van der Waals surface area contributed by atoms with Crippen LogP contribution in [-0.2, 0) is 16.4 Å². The predicted molar refractivity (Wildman–Crippen MR) is 127 cm³/mol. The minimum absolute atomic E-state index is 0.0528. The Bertz CT molecular complexity index is 1110. The first-order chi connectivity index (χ1) is 16.4. The van der Waals surface area contributed by atoms with Crippen molar-refractivity contribution < 1.29 is 22.3 Å². The Labute approximate surface area is 201 Å². The van der Waals surface area contributed by atoms with Crippen molar-refractivity contribution in [3.63, 3.8) is 0 Å². The van der Waals surface area contributed by atoms with E-state index in [1.165, 1.54) is 26.4 Å². The lowest BCUT2D eigenvalue weighted by Crippen LogP contribution is -2.66. The first kappa shape index (κ1) is 23.5. The molecule has 0 amide bonds. The minimum atomic E-state index is -3.81. The van der Waals surface area contributed by atoms with Crippen molar-refractivity contribution in [1.29, 1.82) is 0 Å². The maximum Gasteiger partial charge on any atom is 0.215 e. The lowest BCUT2D eigenvalue weighted by Gasteiger charge is -2.48. The second kappa shape index (κ2) is 9.11. The van der Waals surface area contributed by atoms with Gasteiger partial charge in [0, 0.05) is 57.8 Å². The van der Waals surface area contributed by atoms with Gasteiger partial charge in [-0.2, -0.15) is 0 Å². The van der Waals surface area contributed by atoms with Gasteiger partial charge in [0.25, 0.3) is 0 Å². The van der Waals surface area contributed by atoms with Crippen LogP contribution in [0.25, 0.3) is 0 Å². The Hall–Kier alpha value is -2.20. The number of piperazine rings is 1. The maximum atomic E-state index is 14.5. The van der Waals surface area contributed by atoms with E-state index in [-0.39, 0.29) is 16.6 Å². The summed E-state index contributed by atoms with van der Waals surface area (Å²) in [4.78, 5) is 5.80. The van der Waals surface area contributed by atoms with Crippen molar-refractivity contribution in [3.05, 3.63) is 53.8 Å². The molecule has 1 unspecified atom stereocenters. The Balaban J connectivity index is 1.45. The highest BCUT2D eigenvalue weighted by Crippen LogP contribution is 2.52. The molecule has 2 aromatic rings. The summed E-state index contributed by atoms with van der Waals surface area (Å²) >= 11 is 0. The van der Waals surface area contributed by atoms with Crippen LogP contribution in [0.2, 0.25) is 0 Å². The molecule has 0 saturated carbocycles. The van der Waals surface area contributed by atoms with Gasteiger partial charge in [0.15, 0.2) is 4.99 Å². The molecule has 2 bridgehead atoms. The topological polar surface area (TPSA) is 62.3 Å². The number of piperidine rings is 1. The number of fused-ring (bicyclic) bond motifs is 2. The number of benzene rings is 2. The molecule has 3 heterocycles. The molecule has 0 aromatic heterocycles. The fourth-order valence-corrected chi connectivity index (χ4v) is 8.81. The van der Waals surface area contributed by atoms with Crippen molar-refractivity contribution in [2.75, 3.05) is 53.5 Å². The summed E-state index contributed by atoms with van der Waals surface area (Å²) in [6, 6.07) is 11.6. The third-order valence-electron chi connectivity index (χ3n) is 7.68. The van der Waals surface area contributed by atoms with Crippen LogP contribution >= 0.6 is 0 Å². The zero-order valence-corrected chi connectivity index (χ0v) is 20.6. The summed E-state index contributed by atoms with van der Waals surface area (Å²) in [7, 11) is -0.762. The van der Waals surface area contributed by atoms with Crippen LogP contribution < -0.4 is 9.47 Å². The van der Waals surface area contributed by atoms with Crippen molar-refractivity contribution in [1.82, 2.24) is 14.7 Å². The van der Waals surface area contributed by atoms with Gasteiger partial charge in [0.2, 0.25) is 9.84 Å². The average Bonchev–Trinajstić information content (AvgIpc) is 3.42. The summed E-state index contributed by atoms with van der Waals surface area (Å²) in [6.45, 7) is 5.11. The van der Waals surface area contributed by atoms with Gasteiger partial charge in [-0.15, -0.1) is 0 Å². The number of ether oxygens (including phenoxy) is 2. The van der Waals surface area contributed by atoms with E-state index in [0.717, 1.165) is 51.1 Å². The summed E-state index contributed by atoms with van der Waals surface area (Å²) in [5.41, 5.74) is 1.06. The second-order valence-corrected chi connectivity index (χ2v) is 11.4. The molecule has 3 aliphatic heterocycles. The van der Waals surface area contributed by atoms with Crippen LogP contribution in [0.1, 0.15) is 18.4 Å². The zero-order valence-electron chi connectivity index (χ0n) is 19.7. The molecule has 3 aliphatic rings. The summed E-state index contributed by atoms with van der Waals surface area (Å²) < 4.78 is 53.1. The van der Waals surface area contributed by atoms with E-state index in [1.807, 2.05) is 12.1 Å². The third-order valence-corrected chi connectivity index (χ3v) is 10.2. The van der Waals surface area contributed by atoms with Gasteiger partial charge in [0.05, 0.1) is 14.2 Å². The number of hydrogen-bond donors (Lipinski definition) is 0. The summed E-state index contributed by atoms with van der Waals surface area (Å²) in [5.74, 6) is 0.665. The van der Waals surface area contributed by atoms with E-state index < -0.39 is 14.8 Å². The monoisotopic (exact) mass is 489 g/mol. The molecule has 0 spiro atoms. The van der Waals surface area contributed by atoms with Crippen molar-refractivity contribution in [2.24, 2.45) is 5.92 Å². The number of hydrogen-bond acceptors (Lipinski definition) is 7. The van der Waals surface area contributed by atoms with Gasteiger partial charge >= 0.3 is 0 Å². The first-order valence-electron chi connectivity index (χ1n) is 11.8. The number of rotatable bonds is 7. The molecular weight excluding hydrogens is 457 g/mol. The lowest BCUT2D eigenvalue weighted by atomic mass is 10.0. The minimum Gasteiger partial charge on any atom is -0.497 e. The van der Waals surface area contributed by atoms with E-state index in [4.69, 9.17) is 9.47 Å². The molecule has 5 rings (SSSR count). The molecular formula is C25H32FN3O4S. The van der Waals surface area contributed by atoms with E-state index in [0.29, 0.717) is 24.6 Å². The Morgan fingerprint density at radius 1 is 0.912 bits per heavy atom. The molecule has 1 atom stereocenters. The van der Waals surface area contributed by atoms with Gasteiger partial charge in [-0.1, -0.05) is 12.1 Å². The van der Waals surface area contributed by atoms with Crippen LogP contribution in [0, 0.1) is 11.7 Å². The highest BCUT2D eigenvalue weighted by atomic mass is 32.2. The van der Waals surface area contributed by atoms with Gasteiger partial charge in [-0.05, 0) is 42.7 Å². The Kier molecular flexibility index (Phi) is 6.31. The Morgan fingerprint density at radius 2 is 1.56 bits per heavy atom. The van der Waals surface area contributed by atoms with Crippen LogP contribution in [0.5, 0.6) is 11.5 Å². The largest absolute Gasteiger partial charge is 0.497 e. The van der Waals surface area contributed by atoms with E-state index in [1.54, 1.807) is 18.2 Å². The van der Waals surface area contributed by atoms with E-state index in [9.17, 15) is 12.8 Å². The number of halogens is 1. The normalized spacial score (nSPS) is 27.7. The first-order valence-corrected chi connectivity index (χ1v) is 13.3. The van der Waals surface area contributed by atoms with Crippen molar-refractivity contribution >= 4 is 9.84 Å². The van der Waals surface area contributed by atoms with Gasteiger partial charge in [0.1, 0.15) is 22.2 Å². The molecule has 2 aromatic carbocycles. The highest BCUT2D eigenvalue weighted by molar-refractivity contribution is 7.92. The molecule has 3 saturated heterocycles. The lowest BCUT2D eigenvalue weighted by molar-refractivity contribution is 0.00614. The van der Waals surface area contributed by atoms with Gasteiger partial charge < -0.3 is 9.47 Å². The van der Waals surface area contributed by atoms with Gasteiger partial charge in [-0.25, -0.2) is 12.8 Å². The number of methoxy groups -OCH3 is 2. The van der Waals surface area contributed by atoms with Gasteiger partial charge in [-0.3, -0.25) is 14.7 Å². The average molecular weight is 490 g/mol. The third kappa shape index (κ3) is 3.69. The van der Waals surface area contributed by atoms with Crippen LogP contribution in [-0.4, -0.2) is 81.6 Å². The SMILES string of the molecule is COc1ccc(OC)c(S(=O)(=O)C2(N3CCN(Cc4ccc(F)cc4)CC3)C3CCN2CC3)c1. The van der Waals surface area contributed by atoms with Crippen molar-refractivity contribution in [3.8, 4) is 11.5 Å². The maximum absolute atomic E-state index is 14.5. The van der Waals surface area contributed by atoms with E-state index >= 15 is 0 Å². The van der Waals surface area contributed by atoms with Crippen LogP contribution in [0.3, 0.4) is 0 Å². The predicted octanol–water partition coefficient (Wildman–Crippen LogP) is 2.81. The molecule has 3 fully saturated rings. The molecule has 0 radical (unpaired) electrons. The molecule has 0 aliphatic carbocycles. The quantitative estimate of drug-likeness (QED) is 0.593. The van der Waals surface area contributed by atoms with Crippen molar-refractivity contribution in [2.45, 2.75) is 29.3 Å². The molecule has 9 heteroatoms. The fraction of sp³-hybridized carbons (Fsp3) is 0.520. The highest BCUT2D eigenvalue weighted by Gasteiger charge is 2.65. The van der Waals surface area contributed by atoms with Crippen LogP contribution in [0.4, 0.5) is 4.39 Å². The summed E-state index contributed by atoms with van der Waals surface area (Å²) in [5, 5.41) is 0. The number of nitrogens with zero attached hydrogens (tertiary/aromatic N) is 3. The van der Waals surface area contributed by atoms with E-state index in [2.05, 4.69) is 14.7 Å². The van der Waals surface area contributed by atoms with Crippen LogP contribution in [0.15, 0.2) is 47.4 Å². The smallest absolute Gasteiger partial charge is 0.215 e. The fourth-order valence-electron chi connectivity index (χ4n) is 6.08. The summed E-state index contributed by atoms with van der Waals surface area (Å²) in [6.07, 6.45) is 1.75. The standard InChI is InChI=1S/C25H32FN3O4S/c1-32-22-7-8-23(33-2)24(17-22)34(30,31)25(20-9-11-28(25)12-10-20)29-15-13-27(14-16-29)18-19-3-5-21(26)6-4-19/h3-8,17,20H,9-16,18H2,1-2H3. The number of sulfone groups is 1. The zero-order chi connectivity index (χ0) is 23.9. The molecule has 7 nitrogen and oxygen atoms in total. The second-order valence-electron chi connectivity index (χ2n) is 9.33. The molecule has 34 heavy (non-hydrogen) atoms. The molecule has 0 N–H and O–H groups in total. The Morgan fingerprint density at radius 3 is 2.12 bits per heavy atom. The molecule has 184 valence electrons.